The van der Waals surface area contributed by atoms with E-state index in [-0.39, 0.29) is 0 Å². The Balaban J connectivity index is 1.19. The molecule has 216 valence electrons. The molecule has 9 rings (SSSR count). The fourth-order valence-electron chi connectivity index (χ4n) is 6.50. The van der Waals surface area contributed by atoms with Crippen molar-refractivity contribution in [3.8, 4) is 45.3 Å². The van der Waals surface area contributed by atoms with Gasteiger partial charge in [-0.1, -0.05) is 121 Å². The molecule has 0 spiro atoms. The summed E-state index contributed by atoms with van der Waals surface area (Å²) in [6, 6.07) is 50.4. The molecule has 7 aromatic carbocycles. The number of benzene rings is 7. The van der Waals surface area contributed by atoms with Gasteiger partial charge in [-0.3, -0.25) is 0 Å². The first-order valence-corrected chi connectivity index (χ1v) is 15.4. The van der Waals surface area contributed by atoms with E-state index in [2.05, 4.69) is 134 Å². The van der Waals surface area contributed by atoms with E-state index in [0.717, 1.165) is 60.5 Å². The van der Waals surface area contributed by atoms with Crippen LogP contribution in [-0.2, 0) is 0 Å². The van der Waals surface area contributed by atoms with Crippen molar-refractivity contribution in [1.29, 1.82) is 0 Å². The Labute approximate surface area is 265 Å². The Kier molecular flexibility index (Phi) is 6.00. The predicted octanol–water partition coefficient (Wildman–Crippen LogP) is 11.1. The molecule has 2 aromatic heterocycles. The molecule has 0 saturated heterocycles. The number of aromatic nitrogens is 3. The quantitative estimate of drug-likeness (QED) is 0.205. The van der Waals surface area contributed by atoms with E-state index in [4.69, 9.17) is 19.4 Å². The molecule has 46 heavy (non-hydrogen) atoms. The molecule has 4 heteroatoms. The molecule has 9 aromatic rings. The minimum absolute atomic E-state index is 0.635. The molecule has 0 fully saturated rings. The normalized spacial score (nSPS) is 11.6. The van der Waals surface area contributed by atoms with Crippen LogP contribution < -0.4 is 0 Å². The molecule has 0 unspecified atom stereocenters. The van der Waals surface area contributed by atoms with E-state index >= 15 is 0 Å². The zero-order valence-corrected chi connectivity index (χ0v) is 25.1. The Morgan fingerprint density at radius 2 is 0.870 bits per heavy atom. The molecule has 0 saturated carbocycles. The molecule has 0 aliphatic heterocycles. The first-order valence-electron chi connectivity index (χ1n) is 15.4. The molecule has 0 N–H and O–H groups in total. The van der Waals surface area contributed by atoms with Gasteiger partial charge in [0.25, 0.3) is 0 Å². The summed E-state index contributed by atoms with van der Waals surface area (Å²) < 4.78 is 6.23. The summed E-state index contributed by atoms with van der Waals surface area (Å²) >= 11 is 0. The number of hydrogen-bond acceptors (Lipinski definition) is 4. The smallest absolute Gasteiger partial charge is 0.164 e. The van der Waals surface area contributed by atoms with E-state index in [0.29, 0.717) is 17.5 Å². The second kappa shape index (κ2) is 10.5. The van der Waals surface area contributed by atoms with Crippen LogP contribution in [0.4, 0.5) is 0 Å². The Hall–Kier alpha value is -6.13. The van der Waals surface area contributed by atoms with Crippen molar-refractivity contribution in [2.75, 3.05) is 0 Å². The lowest BCUT2D eigenvalue weighted by Crippen LogP contribution is -2.00. The topological polar surface area (TPSA) is 51.8 Å². The first-order chi connectivity index (χ1) is 22.7. The van der Waals surface area contributed by atoms with Crippen molar-refractivity contribution >= 4 is 43.5 Å². The van der Waals surface area contributed by atoms with Crippen molar-refractivity contribution in [2.45, 2.75) is 6.92 Å². The van der Waals surface area contributed by atoms with Gasteiger partial charge in [-0.2, -0.15) is 0 Å². The number of hydrogen-bond donors (Lipinski definition) is 0. The number of rotatable bonds is 4. The van der Waals surface area contributed by atoms with Crippen LogP contribution >= 0.6 is 0 Å². The third-order valence-electron chi connectivity index (χ3n) is 8.84. The van der Waals surface area contributed by atoms with Crippen LogP contribution in [0.15, 0.2) is 150 Å². The Morgan fingerprint density at radius 1 is 0.391 bits per heavy atom. The van der Waals surface area contributed by atoms with Crippen LogP contribution in [0.1, 0.15) is 5.56 Å². The Bertz CT molecular complexity index is 2500. The molecule has 0 amide bonds. The molecule has 0 aliphatic carbocycles. The standard InChI is InChI=1S/C42H27N3O/c1-26-8-6-14-36-38(26)39-35(13-7-15-37(39)46-36)29-18-20-30(21-19-29)40-43-41(33-22-16-27-9-2-4-11-31(27)24-33)45-42(44-40)34-23-17-28-10-3-5-12-32(28)25-34/h2-25H,1H3. The number of furan rings is 1. The van der Waals surface area contributed by atoms with E-state index in [1.165, 1.54) is 16.3 Å². The monoisotopic (exact) mass is 589 g/mol. The van der Waals surface area contributed by atoms with Crippen molar-refractivity contribution < 1.29 is 4.42 Å². The minimum Gasteiger partial charge on any atom is -0.456 e. The zero-order chi connectivity index (χ0) is 30.6. The van der Waals surface area contributed by atoms with Crippen molar-refractivity contribution in [1.82, 2.24) is 15.0 Å². The summed E-state index contributed by atoms with van der Waals surface area (Å²) in [4.78, 5) is 15.1. The van der Waals surface area contributed by atoms with Crippen molar-refractivity contribution in [2.24, 2.45) is 0 Å². The lowest BCUT2D eigenvalue weighted by Gasteiger charge is -2.10. The molecular formula is C42H27N3O. The van der Waals surface area contributed by atoms with Crippen LogP contribution in [0.5, 0.6) is 0 Å². The maximum atomic E-state index is 6.23. The first kappa shape index (κ1) is 26.3. The van der Waals surface area contributed by atoms with Gasteiger partial charge in [-0.25, -0.2) is 15.0 Å². The molecule has 0 radical (unpaired) electrons. The highest BCUT2D eigenvalue weighted by Gasteiger charge is 2.16. The highest BCUT2D eigenvalue weighted by atomic mass is 16.3. The maximum Gasteiger partial charge on any atom is 0.164 e. The SMILES string of the molecule is Cc1cccc2oc3cccc(-c4ccc(-c5nc(-c6ccc7ccccc7c6)nc(-c6ccc7ccccc7c6)n5)cc4)c3c12. The van der Waals surface area contributed by atoms with Crippen molar-refractivity contribution in [3.63, 3.8) is 0 Å². The van der Waals surface area contributed by atoms with Crippen LogP contribution in [0.25, 0.3) is 88.8 Å². The van der Waals surface area contributed by atoms with Crippen LogP contribution in [0.3, 0.4) is 0 Å². The maximum absolute atomic E-state index is 6.23. The van der Waals surface area contributed by atoms with Crippen molar-refractivity contribution in [3.05, 3.63) is 151 Å². The predicted molar refractivity (Wildman–Crippen MR) is 189 cm³/mol. The van der Waals surface area contributed by atoms with Gasteiger partial charge in [-0.15, -0.1) is 0 Å². The third-order valence-corrected chi connectivity index (χ3v) is 8.84. The van der Waals surface area contributed by atoms with Gasteiger partial charge in [0, 0.05) is 27.5 Å². The highest BCUT2D eigenvalue weighted by Crippen LogP contribution is 2.38. The molecule has 4 nitrogen and oxygen atoms in total. The van der Waals surface area contributed by atoms with Gasteiger partial charge < -0.3 is 4.42 Å². The number of aryl methyl sites for hydroxylation is 1. The highest BCUT2D eigenvalue weighted by molar-refractivity contribution is 6.13. The summed E-state index contributed by atoms with van der Waals surface area (Å²) in [5, 5.41) is 6.96. The lowest BCUT2D eigenvalue weighted by atomic mass is 9.97. The summed E-state index contributed by atoms with van der Waals surface area (Å²) in [6.45, 7) is 2.14. The van der Waals surface area contributed by atoms with Gasteiger partial charge in [0.15, 0.2) is 17.5 Å². The molecule has 0 atom stereocenters. The average molecular weight is 590 g/mol. The van der Waals surface area contributed by atoms with Gasteiger partial charge in [-0.05, 0) is 69.4 Å². The largest absolute Gasteiger partial charge is 0.456 e. The Morgan fingerprint density at radius 3 is 1.48 bits per heavy atom. The second-order valence-electron chi connectivity index (χ2n) is 11.7. The second-order valence-corrected chi connectivity index (χ2v) is 11.7. The van der Waals surface area contributed by atoms with Crippen LogP contribution in [0, 0.1) is 6.92 Å². The third kappa shape index (κ3) is 4.42. The average Bonchev–Trinajstić information content (AvgIpc) is 3.51. The summed E-state index contributed by atoms with van der Waals surface area (Å²) in [7, 11) is 0. The van der Waals surface area contributed by atoms with E-state index in [1.807, 2.05) is 18.2 Å². The van der Waals surface area contributed by atoms with Crippen LogP contribution in [0.2, 0.25) is 0 Å². The number of fused-ring (bicyclic) bond motifs is 5. The fourth-order valence-corrected chi connectivity index (χ4v) is 6.50. The summed E-state index contributed by atoms with van der Waals surface area (Å²) in [6.07, 6.45) is 0. The van der Waals surface area contributed by atoms with Crippen LogP contribution in [-0.4, -0.2) is 15.0 Å². The van der Waals surface area contributed by atoms with Gasteiger partial charge in [0.1, 0.15) is 11.2 Å². The molecule has 2 heterocycles. The van der Waals surface area contributed by atoms with Gasteiger partial charge >= 0.3 is 0 Å². The zero-order valence-electron chi connectivity index (χ0n) is 25.1. The number of nitrogens with zero attached hydrogens (tertiary/aromatic N) is 3. The van der Waals surface area contributed by atoms with Gasteiger partial charge in [0.2, 0.25) is 0 Å². The minimum atomic E-state index is 0.635. The van der Waals surface area contributed by atoms with Gasteiger partial charge in [0.05, 0.1) is 0 Å². The van der Waals surface area contributed by atoms with E-state index < -0.39 is 0 Å². The van der Waals surface area contributed by atoms with E-state index in [1.54, 1.807) is 0 Å². The molecular weight excluding hydrogens is 562 g/mol. The fraction of sp³-hybridized carbons (Fsp3) is 0.0238. The summed E-state index contributed by atoms with van der Waals surface area (Å²) in [5.41, 5.74) is 8.09. The summed E-state index contributed by atoms with van der Waals surface area (Å²) in [5.74, 6) is 1.93. The molecule has 0 bridgehead atoms. The molecule has 0 aliphatic rings. The lowest BCUT2D eigenvalue weighted by molar-refractivity contribution is 0.669. The van der Waals surface area contributed by atoms with E-state index in [9.17, 15) is 0 Å².